The number of rotatable bonds is 4. The topological polar surface area (TPSA) is 120 Å². The van der Waals surface area contributed by atoms with Crippen molar-refractivity contribution in [1.82, 2.24) is 10.2 Å². The van der Waals surface area contributed by atoms with Crippen molar-refractivity contribution in [3.05, 3.63) is 47.4 Å². The number of amides is 1. The maximum absolute atomic E-state index is 12.4. The molecule has 9 nitrogen and oxygen atoms in total. The number of para-hydroxylation sites is 1. The number of amidine groups is 2. The number of furan rings is 1. The third-order valence-electron chi connectivity index (χ3n) is 5.41. The molecule has 0 saturated carbocycles. The van der Waals surface area contributed by atoms with Gasteiger partial charge < -0.3 is 25.1 Å². The third kappa shape index (κ3) is 5.49. The standard InChI is InChI=1S/C24H33N5O4S/c1-23(2,3)14-12-17(33-13-14)19(24(4,5)6)26-21-20(27-34(32)28-21)25-16-11-9-10-15(18(16)30)22(31)29(7)8/h9-13,19,30H,1-8H3,(H,25,27)(H,26,28). The summed E-state index contributed by atoms with van der Waals surface area (Å²) in [5, 5.41) is 17.0. The van der Waals surface area contributed by atoms with Gasteiger partial charge in [-0.15, -0.1) is 8.80 Å². The number of phenols is 1. The maximum Gasteiger partial charge on any atom is 0.269 e. The van der Waals surface area contributed by atoms with Gasteiger partial charge in [-0.2, -0.15) is 0 Å². The summed E-state index contributed by atoms with van der Waals surface area (Å²) in [6, 6.07) is 6.49. The van der Waals surface area contributed by atoms with Crippen molar-refractivity contribution in [2.45, 2.75) is 53.0 Å². The molecule has 2 aromatic rings. The highest BCUT2D eigenvalue weighted by Crippen LogP contribution is 2.36. The van der Waals surface area contributed by atoms with Crippen LogP contribution in [-0.4, -0.2) is 45.9 Å². The van der Waals surface area contributed by atoms with Crippen LogP contribution in [0.15, 0.2) is 43.7 Å². The Labute approximate surface area is 203 Å². The Hall–Kier alpha value is -3.14. The van der Waals surface area contributed by atoms with Crippen LogP contribution in [0.5, 0.6) is 5.75 Å². The van der Waals surface area contributed by atoms with Crippen LogP contribution in [-0.2, 0) is 16.6 Å². The minimum atomic E-state index is -1.83. The Bertz CT molecular complexity index is 1170. The summed E-state index contributed by atoms with van der Waals surface area (Å²) in [5.74, 6) is 0.619. The lowest BCUT2D eigenvalue weighted by atomic mass is 9.83. The second-order valence-electron chi connectivity index (χ2n) is 10.6. The molecule has 1 aliphatic heterocycles. The van der Waals surface area contributed by atoms with Gasteiger partial charge in [-0.25, -0.2) is 4.21 Å². The summed E-state index contributed by atoms with van der Waals surface area (Å²) < 4.78 is 26.3. The fourth-order valence-electron chi connectivity index (χ4n) is 3.37. The van der Waals surface area contributed by atoms with Gasteiger partial charge in [0, 0.05) is 14.1 Å². The van der Waals surface area contributed by atoms with E-state index in [2.05, 4.69) is 61.0 Å². The normalized spacial score (nSPS) is 17.1. The van der Waals surface area contributed by atoms with E-state index in [1.807, 2.05) is 6.07 Å². The van der Waals surface area contributed by atoms with Crippen LogP contribution < -0.4 is 10.6 Å². The molecule has 0 aliphatic carbocycles. The van der Waals surface area contributed by atoms with Crippen molar-refractivity contribution < 1.29 is 18.5 Å². The Kier molecular flexibility index (Phi) is 6.93. The number of phenolic OH excluding ortho intramolecular Hbond substituents is 1. The first-order chi connectivity index (χ1) is 15.7. The molecule has 0 spiro atoms. The lowest BCUT2D eigenvalue weighted by Gasteiger charge is -2.30. The van der Waals surface area contributed by atoms with Crippen LogP contribution in [0.4, 0.5) is 5.69 Å². The summed E-state index contributed by atoms with van der Waals surface area (Å²) in [6.07, 6.45) is 1.75. The molecule has 1 aliphatic rings. The highest BCUT2D eigenvalue weighted by molar-refractivity contribution is 7.83. The van der Waals surface area contributed by atoms with Gasteiger partial charge >= 0.3 is 0 Å². The van der Waals surface area contributed by atoms with Crippen molar-refractivity contribution in [2.24, 2.45) is 14.2 Å². The quantitative estimate of drug-likeness (QED) is 0.557. The van der Waals surface area contributed by atoms with Crippen LogP contribution in [0.3, 0.4) is 0 Å². The number of carbonyl (C=O) groups excluding carboxylic acids is 1. The van der Waals surface area contributed by atoms with E-state index in [-0.39, 0.29) is 51.5 Å². The molecule has 1 aromatic heterocycles. The lowest BCUT2D eigenvalue weighted by Crippen LogP contribution is -2.41. The van der Waals surface area contributed by atoms with Gasteiger partial charge in [0.2, 0.25) is 0 Å². The van der Waals surface area contributed by atoms with Gasteiger partial charge in [-0.05, 0) is 34.6 Å². The number of aromatic hydroxyl groups is 1. The molecule has 0 radical (unpaired) electrons. The van der Waals surface area contributed by atoms with Crippen molar-refractivity contribution in [3.8, 4) is 5.75 Å². The molecule has 0 bridgehead atoms. The zero-order chi connectivity index (χ0) is 25.4. The fourth-order valence-corrected chi connectivity index (χ4v) is 4.00. The SMILES string of the molecule is CN(C)C(=O)c1cccc(NC2=NS(=O)N=C2NC(c2cc(C(C)(C)C)co2)C(C)(C)C)c1O. The fraction of sp³-hybridized carbons (Fsp3) is 0.458. The second-order valence-corrected chi connectivity index (χ2v) is 11.4. The molecule has 0 saturated heterocycles. The van der Waals surface area contributed by atoms with Crippen LogP contribution >= 0.6 is 0 Å². The number of hydrogen-bond acceptors (Lipinski definition) is 6. The molecule has 2 atom stereocenters. The molecule has 10 heteroatoms. The maximum atomic E-state index is 12.4. The summed E-state index contributed by atoms with van der Waals surface area (Å²) in [6.45, 7) is 12.5. The number of carbonyl (C=O) groups is 1. The molecular formula is C24H33N5O4S. The summed E-state index contributed by atoms with van der Waals surface area (Å²) >= 11 is -1.83. The van der Waals surface area contributed by atoms with Crippen LogP contribution in [0.2, 0.25) is 0 Å². The molecule has 34 heavy (non-hydrogen) atoms. The van der Waals surface area contributed by atoms with Crippen molar-refractivity contribution in [3.63, 3.8) is 0 Å². The van der Waals surface area contributed by atoms with Crippen molar-refractivity contribution in [2.75, 3.05) is 19.4 Å². The highest BCUT2D eigenvalue weighted by Gasteiger charge is 2.34. The highest BCUT2D eigenvalue weighted by atomic mass is 32.2. The van der Waals surface area contributed by atoms with E-state index in [1.165, 1.54) is 11.0 Å². The van der Waals surface area contributed by atoms with Crippen LogP contribution in [0.1, 0.15) is 69.3 Å². The molecule has 1 aromatic carbocycles. The minimum Gasteiger partial charge on any atom is -0.505 e. The van der Waals surface area contributed by atoms with E-state index >= 15 is 0 Å². The summed E-state index contributed by atoms with van der Waals surface area (Å²) in [7, 11) is 3.21. The van der Waals surface area contributed by atoms with Crippen LogP contribution in [0, 0.1) is 5.41 Å². The number of anilines is 1. The smallest absolute Gasteiger partial charge is 0.269 e. The van der Waals surface area contributed by atoms with E-state index in [0.717, 1.165) is 11.3 Å². The number of nitrogens with one attached hydrogen (secondary N) is 2. The molecule has 2 unspecified atom stereocenters. The Balaban J connectivity index is 1.90. The first-order valence-electron chi connectivity index (χ1n) is 10.9. The molecule has 1 amide bonds. The van der Waals surface area contributed by atoms with Gasteiger partial charge in [0.1, 0.15) is 5.76 Å². The number of hydrogen-bond donors (Lipinski definition) is 3. The van der Waals surface area contributed by atoms with E-state index in [1.54, 1.807) is 32.5 Å². The second kappa shape index (κ2) is 9.25. The molecular weight excluding hydrogens is 454 g/mol. The van der Waals surface area contributed by atoms with E-state index in [9.17, 15) is 14.1 Å². The molecule has 0 fully saturated rings. The first kappa shape index (κ1) is 25.5. The van der Waals surface area contributed by atoms with Crippen molar-refractivity contribution >= 4 is 34.4 Å². The van der Waals surface area contributed by atoms with Crippen LogP contribution in [0.25, 0.3) is 0 Å². The minimum absolute atomic E-state index is 0.0722. The number of benzene rings is 1. The van der Waals surface area contributed by atoms with Gasteiger partial charge in [0.15, 0.2) is 17.4 Å². The van der Waals surface area contributed by atoms with Gasteiger partial charge in [-0.3, -0.25) is 4.79 Å². The Morgan fingerprint density at radius 3 is 2.32 bits per heavy atom. The Morgan fingerprint density at radius 1 is 1.12 bits per heavy atom. The van der Waals surface area contributed by atoms with Gasteiger partial charge in [-0.1, -0.05) is 47.6 Å². The van der Waals surface area contributed by atoms with Gasteiger partial charge in [0.05, 0.1) is 23.6 Å². The lowest BCUT2D eigenvalue weighted by molar-refractivity contribution is 0.0824. The van der Waals surface area contributed by atoms with E-state index < -0.39 is 11.2 Å². The predicted octanol–water partition coefficient (Wildman–Crippen LogP) is 4.16. The molecule has 2 heterocycles. The van der Waals surface area contributed by atoms with E-state index in [4.69, 9.17) is 4.42 Å². The van der Waals surface area contributed by atoms with Crippen molar-refractivity contribution in [1.29, 1.82) is 0 Å². The monoisotopic (exact) mass is 487 g/mol. The average molecular weight is 488 g/mol. The molecule has 184 valence electrons. The number of nitrogens with zero attached hydrogens (tertiary/aromatic N) is 3. The predicted molar refractivity (Wildman–Crippen MR) is 135 cm³/mol. The molecule has 3 rings (SSSR count). The third-order valence-corrected chi connectivity index (χ3v) is 6.08. The summed E-state index contributed by atoms with van der Waals surface area (Å²) in [4.78, 5) is 13.7. The zero-order valence-corrected chi connectivity index (χ0v) is 21.7. The summed E-state index contributed by atoms with van der Waals surface area (Å²) in [5.41, 5.74) is 1.09. The average Bonchev–Trinajstić information content (AvgIpc) is 3.33. The van der Waals surface area contributed by atoms with Gasteiger partial charge in [0.25, 0.3) is 17.1 Å². The Morgan fingerprint density at radius 2 is 1.76 bits per heavy atom. The molecule has 3 N–H and O–H groups in total. The zero-order valence-electron chi connectivity index (χ0n) is 20.9. The van der Waals surface area contributed by atoms with E-state index in [0.29, 0.717) is 0 Å². The largest absolute Gasteiger partial charge is 0.505 e. The first-order valence-corrected chi connectivity index (χ1v) is 12.0.